The van der Waals surface area contributed by atoms with Crippen LogP contribution in [0.5, 0.6) is 0 Å². The predicted molar refractivity (Wildman–Crippen MR) is 55.5 cm³/mol. The van der Waals surface area contributed by atoms with Gasteiger partial charge in [-0.15, -0.1) is 0 Å². The highest BCUT2D eigenvalue weighted by molar-refractivity contribution is 5.89. The van der Waals surface area contributed by atoms with Crippen LogP contribution in [0.1, 0.15) is 29.9 Å². The number of nitriles is 1. The minimum atomic E-state index is -0.928. The maximum Gasteiger partial charge on any atom is 0.337 e. The molecule has 15 heavy (non-hydrogen) atoms. The first kappa shape index (κ1) is 11.3. The lowest BCUT2D eigenvalue weighted by atomic mass is 10.1. The highest BCUT2D eigenvalue weighted by Gasteiger charge is 2.15. The van der Waals surface area contributed by atoms with Gasteiger partial charge in [-0.05, 0) is 18.4 Å². The minimum Gasteiger partial charge on any atom is -0.478 e. The van der Waals surface area contributed by atoms with Gasteiger partial charge in [0.05, 0.1) is 11.6 Å². The van der Waals surface area contributed by atoms with E-state index < -0.39 is 5.97 Å². The molecule has 1 rings (SSSR count). The summed E-state index contributed by atoms with van der Waals surface area (Å²) in [6, 6.07) is 3.57. The number of carboxylic acids is 1. The van der Waals surface area contributed by atoms with E-state index in [1.807, 2.05) is 19.9 Å². The number of aromatic carboxylic acids is 1. The van der Waals surface area contributed by atoms with Crippen LogP contribution in [0, 0.1) is 17.2 Å². The van der Waals surface area contributed by atoms with Crippen LogP contribution in [0.4, 0.5) is 0 Å². The van der Waals surface area contributed by atoms with E-state index in [2.05, 4.69) is 0 Å². The Kier molecular flexibility index (Phi) is 3.51. The largest absolute Gasteiger partial charge is 0.478 e. The minimum absolute atomic E-state index is 0.204. The van der Waals surface area contributed by atoms with Crippen molar-refractivity contribution in [2.24, 2.45) is 5.92 Å². The maximum absolute atomic E-state index is 10.9. The number of hydrogen-bond donors (Lipinski definition) is 1. The first-order valence-electron chi connectivity index (χ1n) is 4.84. The smallest absolute Gasteiger partial charge is 0.337 e. The van der Waals surface area contributed by atoms with Gasteiger partial charge in [-0.25, -0.2) is 4.79 Å². The molecule has 0 bridgehead atoms. The van der Waals surface area contributed by atoms with Crippen molar-refractivity contribution in [3.63, 3.8) is 0 Å². The van der Waals surface area contributed by atoms with Gasteiger partial charge in [0.25, 0.3) is 0 Å². The molecule has 0 aliphatic heterocycles. The molecule has 0 amide bonds. The number of rotatable bonds is 4. The fourth-order valence-electron chi connectivity index (χ4n) is 1.54. The van der Waals surface area contributed by atoms with E-state index in [4.69, 9.17) is 10.4 Å². The van der Waals surface area contributed by atoms with Crippen molar-refractivity contribution in [1.29, 1.82) is 5.26 Å². The molecule has 0 saturated heterocycles. The lowest BCUT2D eigenvalue weighted by molar-refractivity contribution is 0.0695. The molecule has 0 radical (unpaired) electrons. The maximum atomic E-state index is 10.9. The van der Waals surface area contributed by atoms with Crippen LogP contribution in [0.25, 0.3) is 0 Å². The van der Waals surface area contributed by atoms with E-state index in [9.17, 15) is 4.79 Å². The second kappa shape index (κ2) is 4.65. The Morgan fingerprint density at radius 3 is 2.80 bits per heavy atom. The van der Waals surface area contributed by atoms with Crippen LogP contribution in [-0.2, 0) is 13.0 Å². The zero-order valence-electron chi connectivity index (χ0n) is 8.90. The fraction of sp³-hybridized carbons (Fsp3) is 0.455. The second-order valence-corrected chi connectivity index (χ2v) is 3.87. The molecule has 4 nitrogen and oxygen atoms in total. The Labute approximate surface area is 88.8 Å². The van der Waals surface area contributed by atoms with E-state index in [0.29, 0.717) is 17.9 Å². The van der Waals surface area contributed by atoms with Crippen molar-refractivity contribution in [2.45, 2.75) is 26.8 Å². The molecule has 1 aromatic heterocycles. The quantitative estimate of drug-likeness (QED) is 0.818. The van der Waals surface area contributed by atoms with Gasteiger partial charge in [-0.3, -0.25) is 0 Å². The molecule has 0 aliphatic rings. The summed E-state index contributed by atoms with van der Waals surface area (Å²) in [5, 5.41) is 17.6. The molecule has 0 atom stereocenters. The summed E-state index contributed by atoms with van der Waals surface area (Å²) in [7, 11) is 0. The molecule has 0 saturated carbocycles. The number of nitrogens with zero attached hydrogens (tertiary/aromatic N) is 2. The zero-order valence-corrected chi connectivity index (χ0v) is 8.90. The summed E-state index contributed by atoms with van der Waals surface area (Å²) in [5.41, 5.74) is 1.04. The Morgan fingerprint density at radius 1 is 1.67 bits per heavy atom. The zero-order chi connectivity index (χ0) is 11.4. The number of carboxylic acid groups (broad SMARTS) is 1. The van der Waals surface area contributed by atoms with Crippen molar-refractivity contribution < 1.29 is 9.90 Å². The molecule has 0 aromatic carbocycles. The van der Waals surface area contributed by atoms with Crippen molar-refractivity contribution >= 4 is 5.97 Å². The van der Waals surface area contributed by atoms with Crippen molar-refractivity contribution in [3.8, 4) is 6.07 Å². The Morgan fingerprint density at radius 2 is 2.33 bits per heavy atom. The molecule has 0 spiro atoms. The summed E-state index contributed by atoms with van der Waals surface area (Å²) in [6.45, 7) is 4.25. The standard InChI is InChI=1S/C11H14N2O2/c1-8(2)7-10-9(11(14)15)3-5-13(10)6-4-12/h3,5,8H,6-7H2,1-2H3,(H,14,15). The van der Waals surface area contributed by atoms with Crippen LogP contribution in [-0.4, -0.2) is 15.6 Å². The highest BCUT2D eigenvalue weighted by atomic mass is 16.4. The molecule has 0 fully saturated rings. The Balaban J connectivity index is 3.09. The summed E-state index contributed by atoms with van der Waals surface area (Å²) in [6.07, 6.45) is 2.33. The molecule has 4 heteroatoms. The number of hydrogen-bond acceptors (Lipinski definition) is 2. The lowest BCUT2D eigenvalue weighted by Gasteiger charge is -2.09. The summed E-state index contributed by atoms with van der Waals surface area (Å²) in [4.78, 5) is 10.9. The predicted octanol–water partition coefficient (Wildman–Crippen LogP) is 1.91. The Hall–Kier alpha value is -1.76. The normalized spacial score (nSPS) is 10.3. The molecular formula is C11H14N2O2. The van der Waals surface area contributed by atoms with E-state index >= 15 is 0 Å². The van der Waals surface area contributed by atoms with Gasteiger partial charge in [0.15, 0.2) is 0 Å². The molecule has 80 valence electrons. The van der Waals surface area contributed by atoms with Gasteiger partial charge >= 0.3 is 5.97 Å². The van der Waals surface area contributed by atoms with E-state index in [1.54, 1.807) is 16.8 Å². The van der Waals surface area contributed by atoms with Crippen LogP contribution >= 0.6 is 0 Å². The van der Waals surface area contributed by atoms with Crippen molar-refractivity contribution in [2.75, 3.05) is 0 Å². The fourth-order valence-corrected chi connectivity index (χ4v) is 1.54. The second-order valence-electron chi connectivity index (χ2n) is 3.87. The third-order valence-electron chi connectivity index (χ3n) is 2.15. The lowest BCUT2D eigenvalue weighted by Crippen LogP contribution is -2.09. The number of aromatic nitrogens is 1. The van der Waals surface area contributed by atoms with Gasteiger partial charge < -0.3 is 9.67 Å². The Bertz CT molecular complexity index is 399. The molecular weight excluding hydrogens is 192 g/mol. The summed E-state index contributed by atoms with van der Waals surface area (Å²) < 4.78 is 1.70. The monoisotopic (exact) mass is 206 g/mol. The van der Waals surface area contributed by atoms with Crippen molar-refractivity contribution in [1.82, 2.24) is 4.57 Å². The van der Waals surface area contributed by atoms with Gasteiger partial charge in [0.1, 0.15) is 6.54 Å². The van der Waals surface area contributed by atoms with E-state index in [1.165, 1.54) is 0 Å². The highest BCUT2D eigenvalue weighted by Crippen LogP contribution is 2.15. The number of carbonyl (C=O) groups is 1. The average molecular weight is 206 g/mol. The average Bonchev–Trinajstić information content (AvgIpc) is 2.48. The summed E-state index contributed by atoms with van der Waals surface area (Å²) in [5.74, 6) is -0.558. The first-order chi connectivity index (χ1) is 7.06. The van der Waals surface area contributed by atoms with Gasteiger partial charge in [0.2, 0.25) is 0 Å². The van der Waals surface area contributed by atoms with Gasteiger partial charge in [0, 0.05) is 11.9 Å². The summed E-state index contributed by atoms with van der Waals surface area (Å²) >= 11 is 0. The van der Waals surface area contributed by atoms with Crippen LogP contribution in [0.3, 0.4) is 0 Å². The molecule has 0 aliphatic carbocycles. The molecule has 1 N–H and O–H groups in total. The van der Waals surface area contributed by atoms with Crippen molar-refractivity contribution in [3.05, 3.63) is 23.5 Å². The topological polar surface area (TPSA) is 66.0 Å². The molecule has 1 heterocycles. The van der Waals surface area contributed by atoms with Crippen LogP contribution in [0.2, 0.25) is 0 Å². The van der Waals surface area contributed by atoms with Crippen LogP contribution < -0.4 is 0 Å². The first-order valence-corrected chi connectivity index (χ1v) is 4.84. The molecule has 0 unspecified atom stereocenters. The molecule has 1 aromatic rings. The van der Waals surface area contributed by atoms with Gasteiger partial charge in [-0.1, -0.05) is 13.8 Å². The third-order valence-corrected chi connectivity index (χ3v) is 2.15. The van der Waals surface area contributed by atoms with Gasteiger partial charge in [-0.2, -0.15) is 5.26 Å². The van der Waals surface area contributed by atoms with E-state index in [-0.39, 0.29) is 6.54 Å². The third kappa shape index (κ3) is 2.59. The van der Waals surface area contributed by atoms with E-state index in [0.717, 1.165) is 5.69 Å². The van der Waals surface area contributed by atoms with Crippen LogP contribution in [0.15, 0.2) is 12.3 Å². The SMILES string of the molecule is CC(C)Cc1c(C(=O)O)ccn1CC#N.